The van der Waals surface area contributed by atoms with E-state index in [9.17, 15) is 0 Å². The number of nitrogens with zero attached hydrogens (tertiary/aromatic N) is 4. The maximum absolute atomic E-state index is 5.19. The SMILES string of the molecule is CCCCNc1nc(Nc2ccc(OC)cc2)c2cnn(C)c2n1. The maximum atomic E-state index is 5.19. The molecule has 2 N–H and O–H groups in total. The van der Waals surface area contributed by atoms with Crippen LogP contribution >= 0.6 is 0 Å². The van der Waals surface area contributed by atoms with Crippen LogP contribution in [0.4, 0.5) is 17.5 Å². The van der Waals surface area contributed by atoms with Crippen LogP contribution in [0.5, 0.6) is 5.75 Å². The van der Waals surface area contributed by atoms with Crippen molar-refractivity contribution in [2.45, 2.75) is 19.8 Å². The largest absolute Gasteiger partial charge is 0.497 e. The normalized spacial score (nSPS) is 10.8. The summed E-state index contributed by atoms with van der Waals surface area (Å²) in [6, 6.07) is 7.72. The highest BCUT2D eigenvalue weighted by Crippen LogP contribution is 2.25. The molecule has 2 heterocycles. The van der Waals surface area contributed by atoms with Crippen LogP contribution in [0.25, 0.3) is 11.0 Å². The summed E-state index contributed by atoms with van der Waals surface area (Å²) in [7, 11) is 3.53. The molecule has 0 radical (unpaired) electrons. The molecule has 24 heavy (non-hydrogen) atoms. The summed E-state index contributed by atoms with van der Waals surface area (Å²) in [4.78, 5) is 9.16. The monoisotopic (exact) mass is 326 g/mol. The molecule has 3 aromatic rings. The molecule has 2 aromatic heterocycles. The van der Waals surface area contributed by atoms with Crippen LogP contribution < -0.4 is 15.4 Å². The molecule has 0 bridgehead atoms. The zero-order valence-corrected chi connectivity index (χ0v) is 14.2. The number of rotatable bonds is 7. The van der Waals surface area contributed by atoms with E-state index in [1.165, 1.54) is 0 Å². The number of aromatic nitrogens is 4. The molecule has 0 unspecified atom stereocenters. The summed E-state index contributed by atoms with van der Waals surface area (Å²) in [6.45, 7) is 3.01. The Labute approximate surface area is 141 Å². The lowest BCUT2D eigenvalue weighted by Crippen LogP contribution is -2.08. The van der Waals surface area contributed by atoms with Crippen LogP contribution in [0.2, 0.25) is 0 Å². The van der Waals surface area contributed by atoms with Crippen molar-refractivity contribution in [3.63, 3.8) is 0 Å². The second-order valence-electron chi connectivity index (χ2n) is 5.54. The lowest BCUT2D eigenvalue weighted by Gasteiger charge is -2.10. The molecule has 0 saturated carbocycles. The highest BCUT2D eigenvalue weighted by atomic mass is 16.5. The van der Waals surface area contributed by atoms with Gasteiger partial charge in [0.05, 0.1) is 18.7 Å². The Bertz CT molecular complexity index is 812. The van der Waals surface area contributed by atoms with Crippen molar-refractivity contribution in [2.24, 2.45) is 7.05 Å². The minimum Gasteiger partial charge on any atom is -0.497 e. The van der Waals surface area contributed by atoms with Gasteiger partial charge in [-0.25, -0.2) is 0 Å². The third kappa shape index (κ3) is 3.40. The van der Waals surface area contributed by atoms with Gasteiger partial charge in [0.25, 0.3) is 0 Å². The van der Waals surface area contributed by atoms with Crippen LogP contribution in [-0.2, 0) is 7.05 Å². The molecule has 0 amide bonds. The zero-order chi connectivity index (χ0) is 16.9. The first kappa shape index (κ1) is 16.0. The first-order valence-corrected chi connectivity index (χ1v) is 8.06. The standard InChI is InChI=1S/C17H22N6O/c1-4-5-10-18-17-21-15(14-11-19-23(2)16(14)22-17)20-12-6-8-13(24-3)9-7-12/h6-9,11H,4-5,10H2,1-3H3,(H2,18,20,21,22). The molecular weight excluding hydrogens is 304 g/mol. The zero-order valence-electron chi connectivity index (χ0n) is 14.2. The molecule has 7 heteroatoms. The van der Waals surface area contributed by atoms with E-state index in [-0.39, 0.29) is 0 Å². The Kier molecular flexibility index (Phi) is 4.79. The van der Waals surface area contributed by atoms with E-state index in [2.05, 4.69) is 32.6 Å². The van der Waals surface area contributed by atoms with Gasteiger partial charge in [-0.05, 0) is 30.7 Å². The van der Waals surface area contributed by atoms with E-state index in [1.54, 1.807) is 18.0 Å². The van der Waals surface area contributed by atoms with Crippen molar-refractivity contribution in [2.75, 3.05) is 24.3 Å². The molecule has 3 rings (SSSR count). The van der Waals surface area contributed by atoms with Gasteiger partial charge in [-0.15, -0.1) is 0 Å². The molecule has 0 aliphatic heterocycles. The van der Waals surface area contributed by atoms with E-state index in [4.69, 9.17) is 4.74 Å². The molecule has 0 aliphatic carbocycles. The second-order valence-corrected chi connectivity index (χ2v) is 5.54. The van der Waals surface area contributed by atoms with Gasteiger partial charge < -0.3 is 15.4 Å². The Morgan fingerprint density at radius 1 is 1.17 bits per heavy atom. The molecule has 7 nitrogen and oxygen atoms in total. The van der Waals surface area contributed by atoms with Gasteiger partial charge in [-0.3, -0.25) is 4.68 Å². The smallest absolute Gasteiger partial charge is 0.226 e. The maximum Gasteiger partial charge on any atom is 0.226 e. The van der Waals surface area contributed by atoms with Gasteiger partial charge in [-0.2, -0.15) is 15.1 Å². The molecule has 0 fully saturated rings. The molecule has 1 aromatic carbocycles. The fourth-order valence-electron chi connectivity index (χ4n) is 2.38. The second kappa shape index (κ2) is 7.16. The molecule has 0 atom stereocenters. The molecule has 0 saturated heterocycles. The van der Waals surface area contributed by atoms with Crippen molar-refractivity contribution in [1.82, 2.24) is 19.7 Å². The summed E-state index contributed by atoms with van der Waals surface area (Å²) >= 11 is 0. The van der Waals surface area contributed by atoms with Crippen LogP contribution in [0.15, 0.2) is 30.5 Å². The third-order valence-corrected chi connectivity index (χ3v) is 3.76. The third-order valence-electron chi connectivity index (χ3n) is 3.76. The Morgan fingerprint density at radius 2 is 1.96 bits per heavy atom. The molecular formula is C17H22N6O. The quantitative estimate of drug-likeness (QED) is 0.649. The number of fused-ring (bicyclic) bond motifs is 1. The Hall–Kier alpha value is -2.83. The van der Waals surface area contributed by atoms with Gasteiger partial charge in [-0.1, -0.05) is 13.3 Å². The summed E-state index contributed by atoms with van der Waals surface area (Å²) in [5, 5.41) is 11.8. The number of benzene rings is 1. The average molecular weight is 326 g/mol. The van der Waals surface area contributed by atoms with Crippen molar-refractivity contribution in [3.05, 3.63) is 30.5 Å². The average Bonchev–Trinajstić information content (AvgIpc) is 2.97. The van der Waals surface area contributed by atoms with Crippen molar-refractivity contribution >= 4 is 28.5 Å². The fourth-order valence-corrected chi connectivity index (χ4v) is 2.38. The predicted molar refractivity (Wildman–Crippen MR) is 96.0 cm³/mol. The summed E-state index contributed by atoms with van der Waals surface area (Å²) < 4.78 is 6.94. The molecule has 0 aliphatic rings. The van der Waals surface area contributed by atoms with Crippen LogP contribution in [0.1, 0.15) is 19.8 Å². The number of hydrogen-bond donors (Lipinski definition) is 2. The number of aryl methyl sites for hydroxylation is 1. The molecule has 0 spiro atoms. The van der Waals surface area contributed by atoms with Gasteiger partial charge >= 0.3 is 0 Å². The highest BCUT2D eigenvalue weighted by molar-refractivity contribution is 5.89. The molecule has 126 valence electrons. The van der Waals surface area contributed by atoms with Crippen molar-refractivity contribution in [1.29, 1.82) is 0 Å². The highest BCUT2D eigenvalue weighted by Gasteiger charge is 2.11. The van der Waals surface area contributed by atoms with Crippen LogP contribution in [0.3, 0.4) is 0 Å². The summed E-state index contributed by atoms with van der Waals surface area (Å²) in [5.74, 6) is 2.16. The van der Waals surface area contributed by atoms with Crippen LogP contribution in [0, 0.1) is 0 Å². The lowest BCUT2D eigenvalue weighted by molar-refractivity contribution is 0.415. The van der Waals surface area contributed by atoms with E-state index in [1.807, 2.05) is 31.3 Å². The van der Waals surface area contributed by atoms with E-state index >= 15 is 0 Å². The van der Waals surface area contributed by atoms with E-state index in [0.717, 1.165) is 47.7 Å². The number of anilines is 3. The van der Waals surface area contributed by atoms with Gasteiger partial charge in [0.2, 0.25) is 5.95 Å². The number of ether oxygens (including phenoxy) is 1. The van der Waals surface area contributed by atoms with Gasteiger partial charge in [0.1, 0.15) is 11.6 Å². The van der Waals surface area contributed by atoms with Crippen LogP contribution in [-0.4, -0.2) is 33.4 Å². The van der Waals surface area contributed by atoms with E-state index in [0.29, 0.717) is 5.95 Å². The Balaban J connectivity index is 1.91. The predicted octanol–water partition coefficient (Wildman–Crippen LogP) is 3.33. The first-order valence-electron chi connectivity index (χ1n) is 8.06. The minimum atomic E-state index is 0.607. The lowest BCUT2D eigenvalue weighted by atomic mass is 10.3. The van der Waals surface area contributed by atoms with Gasteiger partial charge in [0.15, 0.2) is 5.65 Å². The summed E-state index contributed by atoms with van der Waals surface area (Å²) in [5.41, 5.74) is 1.72. The number of nitrogens with one attached hydrogen (secondary N) is 2. The first-order chi connectivity index (χ1) is 11.7. The van der Waals surface area contributed by atoms with Gasteiger partial charge in [0, 0.05) is 19.3 Å². The van der Waals surface area contributed by atoms with Crippen molar-refractivity contribution < 1.29 is 4.74 Å². The fraction of sp³-hybridized carbons (Fsp3) is 0.353. The number of methoxy groups -OCH3 is 1. The van der Waals surface area contributed by atoms with E-state index < -0.39 is 0 Å². The summed E-state index contributed by atoms with van der Waals surface area (Å²) in [6.07, 6.45) is 3.98. The minimum absolute atomic E-state index is 0.607. The Morgan fingerprint density at radius 3 is 2.67 bits per heavy atom. The number of hydrogen-bond acceptors (Lipinski definition) is 6. The number of unbranched alkanes of at least 4 members (excludes halogenated alkanes) is 1. The topological polar surface area (TPSA) is 76.9 Å². The van der Waals surface area contributed by atoms with Crippen molar-refractivity contribution in [3.8, 4) is 5.75 Å².